The Labute approximate surface area is 126 Å². The quantitative estimate of drug-likeness (QED) is 0.833. The van der Waals surface area contributed by atoms with Crippen LogP contribution in [0.1, 0.15) is 50.3 Å². The lowest BCUT2D eigenvalue weighted by Crippen LogP contribution is -2.50. The highest BCUT2D eigenvalue weighted by Crippen LogP contribution is 2.17. The van der Waals surface area contributed by atoms with Gasteiger partial charge in [0.1, 0.15) is 5.69 Å². The van der Waals surface area contributed by atoms with E-state index in [9.17, 15) is 4.79 Å². The van der Waals surface area contributed by atoms with E-state index in [0.717, 1.165) is 5.69 Å². The summed E-state index contributed by atoms with van der Waals surface area (Å²) in [6.45, 7) is 10.2. The number of carbonyl (C=O) groups is 1. The SMILES string of the molecule is COCC(C)(CCO)NC(=O)c1cc(C)n(C(C)(C)C)n1. The lowest BCUT2D eigenvalue weighted by atomic mass is 9.99. The zero-order valence-corrected chi connectivity index (χ0v) is 13.9. The molecule has 1 amide bonds. The first-order chi connectivity index (χ1) is 9.63. The van der Waals surface area contributed by atoms with E-state index in [4.69, 9.17) is 9.84 Å². The van der Waals surface area contributed by atoms with Crippen molar-refractivity contribution in [3.8, 4) is 0 Å². The monoisotopic (exact) mass is 297 g/mol. The van der Waals surface area contributed by atoms with Crippen LogP contribution < -0.4 is 5.32 Å². The average Bonchev–Trinajstić information content (AvgIpc) is 2.71. The summed E-state index contributed by atoms with van der Waals surface area (Å²) < 4.78 is 6.96. The number of ether oxygens (including phenoxy) is 1. The molecule has 1 atom stereocenters. The number of aliphatic hydroxyl groups is 1. The summed E-state index contributed by atoms with van der Waals surface area (Å²) >= 11 is 0. The zero-order valence-electron chi connectivity index (χ0n) is 13.9. The molecule has 0 bridgehead atoms. The lowest BCUT2D eigenvalue weighted by molar-refractivity contribution is 0.0720. The van der Waals surface area contributed by atoms with Crippen molar-refractivity contribution >= 4 is 5.91 Å². The molecule has 1 heterocycles. The molecule has 0 aromatic carbocycles. The summed E-state index contributed by atoms with van der Waals surface area (Å²) in [5.74, 6) is -0.255. The molecule has 0 saturated heterocycles. The van der Waals surface area contributed by atoms with Crippen LogP contribution >= 0.6 is 0 Å². The molecule has 2 N–H and O–H groups in total. The van der Waals surface area contributed by atoms with Crippen LogP contribution in [0.2, 0.25) is 0 Å². The molecule has 1 aromatic rings. The highest BCUT2D eigenvalue weighted by molar-refractivity contribution is 5.92. The summed E-state index contributed by atoms with van der Waals surface area (Å²) in [5.41, 5.74) is 0.523. The minimum absolute atomic E-state index is 0.0183. The third-order valence-electron chi connectivity index (χ3n) is 3.30. The zero-order chi connectivity index (χ0) is 16.3. The fourth-order valence-electron chi connectivity index (χ4n) is 2.34. The van der Waals surface area contributed by atoms with Gasteiger partial charge < -0.3 is 15.2 Å². The van der Waals surface area contributed by atoms with Crippen LogP contribution in [-0.2, 0) is 10.3 Å². The van der Waals surface area contributed by atoms with Gasteiger partial charge in [-0.3, -0.25) is 9.48 Å². The van der Waals surface area contributed by atoms with Gasteiger partial charge in [0.25, 0.3) is 5.91 Å². The first kappa shape index (κ1) is 17.7. The smallest absolute Gasteiger partial charge is 0.272 e. The molecule has 6 heteroatoms. The molecule has 0 aliphatic rings. The number of amides is 1. The van der Waals surface area contributed by atoms with Crippen LogP contribution in [0, 0.1) is 6.92 Å². The Hall–Kier alpha value is -1.40. The predicted octanol–water partition coefficient (Wildman–Crippen LogP) is 1.46. The van der Waals surface area contributed by atoms with Gasteiger partial charge in [-0.1, -0.05) is 0 Å². The second kappa shape index (κ2) is 6.58. The molecule has 0 aliphatic carbocycles. The number of rotatable bonds is 6. The van der Waals surface area contributed by atoms with Gasteiger partial charge in [0.2, 0.25) is 0 Å². The third-order valence-corrected chi connectivity index (χ3v) is 3.30. The number of methoxy groups -OCH3 is 1. The number of aryl methyl sites for hydroxylation is 1. The molecule has 6 nitrogen and oxygen atoms in total. The maximum atomic E-state index is 12.4. The Morgan fingerprint density at radius 3 is 2.48 bits per heavy atom. The van der Waals surface area contributed by atoms with E-state index >= 15 is 0 Å². The van der Waals surface area contributed by atoms with Crippen molar-refractivity contribution < 1.29 is 14.6 Å². The molecular formula is C15H27N3O3. The van der Waals surface area contributed by atoms with E-state index in [0.29, 0.717) is 18.7 Å². The van der Waals surface area contributed by atoms with Gasteiger partial charge >= 0.3 is 0 Å². The molecule has 0 radical (unpaired) electrons. The second-order valence-corrected chi connectivity index (χ2v) is 6.67. The van der Waals surface area contributed by atoms with Crippen LogP contribution in [0.25, 0.3) is 0 Å². The van der Waals surface area contributed by atoms with Gasteiger partial charge in [0.05, 0.1) is 17.7 Å². The van der Waals surface area contributed by atoms with Gasteiger partial charge in [-0.05, 0) is 47.1 Å². The van der Waals surface area contributed by atoms with Crippen molar-refractivity contribution in [1.82, 2.24) is 15.1 Å². The normalized spacial score (nSPS) is 14.8. The van der Waals surface area contributed by atoms with Gasteiger partial charge in [0.15, 0.2) is 0 Å². The average molecular weight is 297 g/mol. The number of aromatic nitrogens is 2. The molecule has 21 heavy (non-hydrogen) atoms. The maximum absolute atomic E-state index is 12.4. The summed E-state index contributed by atoms with van der Waals surface area (Å²) in [7, 11) is 1.57. The predicted molar refractivity (Wildman–Crippen MR) is 81.4 cm³/mol. The second-order valence-electron chi connectivity index (χ2n) is 6.67. The Morgan fingerprint density at radius 1 is 1.43 bits per heavy atom. The molecule has 1 rings (SSSR count). The van der Waals surface area contributed by atoms with Gasteiger partial charge in [-0.2, -0.15) is 5.10 Å². The van der Waals surface area contributed by atoms with E-state index in [1.807, 2.05) is 39.3 Å². The van der Waals surface area contributed by atoms with Crippen LogP contribution in [0.5, 0.6) is 0 Å². The molecular weight excluding hydrogens is 270 g/mol. The van der Waals surface area contributed by atoms with Crippen molar-refractivity contribution in [3.05, 3.63) is 17.5 Å². The van der Waals surface area contributed by atoms with Crippen LogP contribution in [0.15, 0.2) is 6.07 Å². The van der Waals surface area contributed by atoms with E-state index in [1.165, 1.54) is 0 Å². The molecule has 120 valence electrons. The first-order valence-electron chi connectivity index (χ1n) is 7.12. The Bertz CT molecular complexity index is 483. The van der Waals surface area contributed by atoms with E-state index < -0.39 is 5.54 Å². The van der Waals surface area contributed by atoms with Gasteiger partial charge in [-0.15, -0.1) is 0 Å². The fraction of sp³-hybridized carbons (Fsp3) is 0.733. The van der Waals surface area contributed by atoms with E-state index in [1.54, 1.807) is 13.2 Å². The van der Waals surface area contributed by atoms with Crippen molar-refractivity contribution in [2.24, 2.45) is 0 Å². The minimum Gasteiger partial charge on any atom is -0.396 e. The summed E-state index contributed by atoms with van der Waals surface area (Å²) in [6.07, 6.45) is 0.422. The number of hydrogen-bond donors (Lipinski definition) is 2. The summed E-state index contributed by atoms with van der Waals surface area (Å²) in [6, 6.07) is 1.77. The minimum atomic E-state index is -0.611. The topological polar surface area (TPSA) is 76.4 Å². The van der Waals surface area contributed by atoms with Crippen molar-refractivity contribution in [3.63, 3.8) is 0 Å². The summed E-state index contributed by atoms with van der Waals surface area (Å²) in [5, 5.41) is 16.4. The molecule has 0 saturated carbocycles. The number of nitrogens with zero attached hydrogens (tertiary/aromatic N) is 2. The van der Waals surface area contributed by atoms with Gasteiger partial charge in [0, 0.05) is 19.4 Å². The number of aliphatic hydroxyl groups excluding tert-OH is 1. The lowest BCUT2D eigenvalue weighted by Gasteiger charge is -2.29. The van der Waals surface area contributed by atoms with Crippen molar-refractivity contribution in [2.75, 3.05) is 20.3 Å². The van der Waals surface area contributed by atoms with Crippen molar-refractivity contribution in [2.45, 2.75) is 52.1 Å². The molecule has 0 fully saturated rings. The fourth-order valence-corrected chi connectivity index (χ4v) is 2.34. The molecule has 1 aromatic heterocycles. The van der Waals surface area contributed by atoms with Crippen LogP contribution in [-0.4, -0.2) is 46.7 Å². The van der Waals surface area contributed by atoms with Crippen LogP contribution in [0.4, 0.5) is 0 Å². The molecule has 1 unspecified atom stereocenters. The van der Waals surface area contributed by atoms with Crippen LogP contribution in [0.3, 0.4) is 0 Å². The number of nitrogens with one attached hydrogen (secondary N) is 1. The Morgan fingerprint density at radius 2 is 2.05 bits per heavy atom. The maximum Gasteiger partial charge on any atom is 0.272 e. The molecule has 0 spiro atoms. The number of hydrogen-bond acceptors (Lipinski definition) is 4. The standard InChI is InChI=1S/C15H27N3O3/c1-11-9-12(17-18(11)14(2,3)4)13(20)16-15(5,7-8-19)10-21-6/h9,19H,7-8,10H2,1-6H3,(H,16,20). The number of carbonyl (C=O) groups excluding carboxylic acids is 1. The van der Waals surface area contributed by atoms with E-state index in [-0.39, 0.29) is 18.1 Å². The summed E-state index contributed by atoms with van der Waals surface area (Å²) in [4.78, 5) is 12.4. The van der Waals surface area contributed by atoms with E-state index in [2.05, 4.69) is 10.4 Å². The van der Waals surface area contributed by atoms with Gasteiger partial charge in [-0.25, -0.2) is 0 Å². The van der Waals surface area contributed by atoms with Crippen molar-refractivity contribution in [1.29, 1.82) is 0 Å². The molecule has 0 aliphatic heterocycles. The largest absolute Gasteiger partial charge is 0.396 e. The third kappa shape index (κ3) is 4.54. The first-order valence-corrected chi connectivity index (χ1v) is 7.12. The Kier molecular flexibility index (Phi) is 5.53. The highest BCUT2D eigenvalue weighted by atomic mass is 16.5. The Balaban J connectivity index is 2.94. The highest BCUT2D eigenvalue weighted by Gasteiger charge is 2.28.